The molecule has 3 N–H and O–H groups in total. The average molecular weight is 552 g/mol. The number of aliphatic imine (C=N–C) groups is 1. The van der Waals surface area contributed by atoms with Crippen molar-refractivity contribution in [2.24, 2.45) is 4.99 Å². The number of amides is 1. The van der Waals surface area contributed by atoms with Crippen LogP contribution in [-0.2, 0) is 6.54 Å². The summed E-state index contributed by atoms with van der Waals surface area (Å²) in [4.78, 5) is 27.3. The van der Waals surface area contributed by atoms with Gasteiger partial charge in [-0.05, 0) is 30.4 Å². The Hall–Kier alpha value is -2.40. The summed E-state index contributed by atoms with van der Waals surface area (Å²) >= 11 is 1.45. The van der Waals surface area contributed by atoms with Crippen molar-refractivity contribution in [1.82, 2.24) is 25.5 Å². The van der Waals surface area contributed by atoms with E-state index >= 15 is 0 Å². The van der Waals surface area contributed by atoms with Crippen molar-refractivity contribution < 1.29 is 4.79 Å². The number of benzene rings is 1. The number of hydrogen-bond donors (Lipinski definition) is 3. The lowest BCUT2D eigenvalue weighted by molar-refractivity contribution is 0.0957. The van der Waals surface area contributed by atoms with Crippen molar-refractivity contribution in [2.75, 3.05) is 26.7 Å². The van der Waals surface area contributed by atoms with Gasteiger partial charge in [-0.25, -0.2) is 4.98 Å². The zero-order valence-electron chi connectivity index (χ0n) is 17.8. The Balaban J connectivity index is 0.00000341. The lowest BCUT2D eigenvalue weighted by Gasteiger charge is -2.21. The van der Waals surface area contributed by atoms with Crippen molar-refractivity contribution in [2.45, 2.75) is 19.9 Å². The van der Waals surface area contributed by atoms with E-state index in [1.165, 1.54) is 11.3 Å². The Labute approximate surface area is 204 Å². The van der Waals surface area contributed by atoms with Crippen LogP contribution in [0.15, 0.2) is 59.0 Å². The number of nitrogens with zero attached hydrogens (tertiary/aromatic N) is 3. The number of rotatable bonds is 9. The summed E-state index contributed by atoms with van der Waals surface area (Å²) in [5, 5.41) is 8.15. The van der Waals surface area contributed by atoms with Gasteiger partial charge in [0.2, 0.25) is 0 Å². The smallest absolute Gasteiger partial charge is 0.261 e. The van der Waals surface area contributed by atoms with Crippen LogP contribution >= 0.6 is 35.3 Å². The largest absolute Gasteiger partial charge is 0.357 e. The second kappa shape index (κ2) is 13.1. The molecule has 0 fully saturated rings. The third-order valence-electron chi connectivity index (χ3n) is 4.42. The molecule has 0 saturated heterocycles. The summed E-state index contributed by atoms with van der Waals surface area (Å²) in [6, 6.07) is 13.9. The van der Waals surface area contributed by atoms with E-state index in [0.717, 1.165) is 40.9 Å². The monoisotopic (exact) mass is 552 g/mol. The molecule has 0 unspecified atom stereocenters. The molecule has 3 rings (SSSR count). The highest BCUT2D eigenvalue weighted by Crippen LogP contribution is 2.16. The maximum absolute atomic E-state index is 12.0. The molecule has 0 spiro atoms. The third-order valence-corrected chi connectivity index (χ3v) is 5.29. The van der Waals surface area contributed by atoms with Crippen LogP contribution in [0.4, 0.5) is 0 Å². The fourth-order valence-corrected chi connectivity index (χ4v) is 3.58. The normalized spacial score (nSPS) is 11.0. The summed E-state index contributed by atoms with van der Waals surface area (Å²) in [6.45, 7) is 4.68. The number of carbonyl (C=O) groups excluding carboxylic acids is 1. The third kappa shape index (κ3) is 7.66. The van der Waals surface area contributed by atoms with Gasteiger partial charge in [0.15, 0.2) is 5.96 Å². The first-order valence-electron chi connectivity index (χ1n) is 10.1. The van der Waals surface area contributed by atoms with E-state index in [4.69, 9.17) is 0 Å². The zero-order chi connectivity index (χ0) is 21.2. The second-order valence-electron chi connectivity index (χ2n) is 6.79. The summed E-state index contributed by atoms with van der Waals surface area (Å²) < 4.78 is 0. The highest BCUT2D eigenvalue weighted by molar-refractivity contribution is 14.0. The molecular weight excluding hydrogens is 523 g/mol. The predicted octanol–water partition coefficient (Wildman–Crippen LogP) is 3.97. The molecule has 1 amide bonds. The average Bonchev–Trinajstić information content (AvgIpc) is 3.45. The Kier molecular flexibility index (Phi) is 10.5. The highest BCUT2D eigenvalue weighted by Gasteiger charge is 2.10. The van der Waals surface area contributed by atoms with Gasteiger partial charge in [-0.1, -0.05) is 36.4 Å². The number of carbonyl (C=O) groups is 1. The number of guanidine groups is 1. The Morgan fingerprint density at radius 1 is 1.19 bits per heavy atom. The summed E-state index contributed by atoms with van der Waals surface area (Å²) in [6.07, 6.45) is 2.64. The molecule has 3 aromatic rings. The Morgan fingerprint density at radius 2 is 2.00 bits per heavy atom. The van der Waals surface area contributed by atoms with Crippen LogP contribution < -0.4 is 10.6 Å². The maximum Gasteiger partial charge on any atom is 0.261 e. The van der Waals surface area contributed by atoms with Crippen LogP contribution in [0.2, 0.25) is 0 Å². The van der Waals surface area contributed by atoms with Crippen molar-refractivity contribution in [3.63, 3.8) is 0 Å². The minimum atomic E-state index is -0.0231. The molecule has 9 heteroatoms. The van der Waals surface area contributed by atoms with Crippen molar-refractivity contribution >= 4 is 47.2 Å². The Bertz CT molecular complexity index is 942. The fourth-order valence-electron chi connectivity index (χ4n) is 2.94. The number of thiophene rings is 1. The molecule has 0 aliphatic heterocycles. The molecule has 0 bridgehead atoms. The van der Waals surface area contributed by atoms with Gasteiger partial charge in [-0.15, -0.1) is 35.3 Å². The number of aromatic nitrogens is 2. The van der Waals surface area contributed by atoms with Gasteiger partial charge in [0.05, 0.1) is 23.3 Å². The van der Waals surface area contributed by atoms with E-state index < -0.39 is 0 Å². The van der Waals surface area contributed by atoms with Crippen LogP contribution in [0.1, 0.15) is 28.8 Å². The molecule has 166 valence electrons. The van der Waals surface area contributed by atoms with Crippen LogP contribution in [0.3, 0.4) is 0 Å². The highest BCUT2D eigenvalue weighted by atomic mass is 127. The zero-order valence-corrected chi connectivity index (χ0v) is 20.9. The number of hydrogen-bond acceptors (Lipinski definition) is 4. The number of nitrogens with one attached hydrogen (secondary N) is 3. The quantitative estimate of drug-likeness (QED) is 0.162. The SMILES string of the molecule is CCNC(=NCCCNC(=O)c1cccs1)N(C)Cc1ncc(-c2ccccc2)[nH]1.I. The number of imidazole rings is 1. The molecule has 31 heavy (non-hydrogen) atoms. The van der Waals surface area contributed by atoms with Gasteiger partial charge in [0.1, 0.15) is 5.82 Å². The predicted molar refractivity (Wildman–Crippen MR) is 138 cm³/mol. The molecule has 7 nitrogen and oxygen atoms in total. The topological polar surface area (TPSA) is 85.4 Å². The first kappa shape index (κ1) is 24.9. The van der Waals surface area contributed by atoms with E-state index in [0.29, 0.717) is 19.6 Å². The number of H-pyrrole nitrogens is 1. The first-order chi connectivity index (χ1) is 14.7. The minimum absolute atomic E-state index is 0. The Morgan fingerprint density at radius 3 is 2.71 bits per heavy atom. The van der Waals surface area contributed by atoms with E-state index in [-0.39, 0.29) is 29.9 Å². The van der Waals surface area contributed by atoms with Crippen LogP contribution in [0, 0.1) is 0 Å². The lowest BCUT2D eigenvalue weighted by Crippen LogP contribution is -2.39. The van der Waals surface area contributed by atoms with E-state index in [9.17, 15) is 4.79 Å². The van der Waals surface area contributed by atoms with Crippen molar-refractivity contribution in [3.05, 3.63) is 64.7 Å². The van der Waals surface area contributed by atoms with Gasteiger partial charge >= 0.3 is 0 Å². The van der Waals surface area contributed by atoms with Crippen LogP contribution in [0.5, 0.6) is 0 Å². The van der Waals surface area contributed by atoms with Crippen molar-refractivity contribution in [1.29, 1.82) is 0 Å². The van der Waals surface area contributed by atoms with Gasteiger partial charge in [-0.2, -0.15) is 0 Å². The minimum Gasteiger partial charge on any atom is -0.357 e. The van der Waals surface area contributed by atoms with Gasteiger partial charge in [-0.3, -0.25) is 9.79 Å². The lowest BCUT2D eigenvalue weighted by atomic mass is 10.2. The fraction of sp³-hybridized carbons (Fsp3) is 0.318. The molecular formula is C22H29IN6OS. The standard InChI is InChI=1S/C22H28N6OS.HI/c1-3-23-22(25-13-8-12-24-21(29)19-11-7-14-30-19)28(2)16-20-26-15-18(27-20)17-9-5-4-6-10-17;/h4-7,9-11,14-15H,3,8,12-13,16H2,1-2H3,(H,23,25)(H,24,29)(H,26,27);1H. The molecule has 0 saturated carbocycles. The first-order valence-corrected chi connectivity index (χ1v) is 11.0. The molecule has 2 aromatic heterocycles. The van der Waals surface area contributed by atoms with E-state index in [1.54, 1.807) is 0 Å². The van der Waals surface area contributed by atoms with Gasteiger partial charge in [0.25, 0.3) is 5.91 Å². The van der Waals surface area contributed by atoms with Gasteiger partial charge < -0.3 is 20.5 Å². The molecule has 0 aliphatic rings. The van der Waals surface area contributed by atoms with Crippen LogP contribution in [0.25, 0.3) is 11.3 Å². The molecule has 0 radical (unpaired) electrons. The summed E-state index contributed by atoms with van der Waals surface area (Å²) in [7, 11) is 1.99. The summed E-state index contributed by atoms with van der Waals surface area (Å²) in [5.74, 6) is 1.68. The molecule has 0 aliphatic carbocycles. The molecule has 1 aromatic carbocycles. The maximum atomic E-state index is 12.0. The van der Waals surface area contributed by atoms with E-state index in [2.05, 4.69) is 37.7 Å². The molecule has 0 atom stereocenters. The van der Waals surface area contributed by atoms with Crippen molar-refractivity contribution in [3.8, 4) is 11.3 Å². The van der Waals surface area contributed by atoms with Gasteiger partial charge in [0, 0.05) is 26.7 Å². The second-order valence-corrected chi connectivity index (χ2v) is 7.74. The number of aromatic amines is 1. The number of halogens is 1. The molecule has 2 heterocycles. The summed E-state index contributed by atoms with van der Waals surface area (Å²) in [5.41, 5.74) is 2.12. The van der Waals surface area contributed by atoms with Crippen LogP contribution in [-0.4, -0.2) is 53.4 Å². The van der Waals surface area contributed by atoms with E-state index in [1.807, 2.05) is 60.8 Å².